The van der Waals surface area contributed by atoms with Gasteiger partial charge in [-0.25, -0.2) is 14.6 Å². The number of hydrogen-bond acceptors (Lipinski definition) is 9. The summed E-state index contributed by atoms with van der Waals surface area (Å²) in [5.41, 5.74) is 0.874. The van der Waals surface area contributed by atoms with Crippen LogP contribution in [-0.2, 0) is 30.5 Å². The molecule has 1 aromatic heterocycles. The maximum atomic E-state index is 12.2. The highest BCUT2D eigenvalue weighted by molar-refractivity contribution is 7.14. The van der Waals surface area contributed by atoms with Gasteiger partial charge < -0.3 is 19.6 Å². The molecule has 0 saturated carbocycles. The minimum atomic E-state index is -0.722. The Morgan fingerprint density at radius 2 is 1.93 bits per heavy atom. The van der Waals surface area contributed by atoms with Gasteiger partial charge in [-0.3, -0.25) is 10.1 Å². The molecule has 160 valence electrons. The maximum Gasteiger partial charge on any atom is 0.413 e. The lowest BCUT2D eigenvalue weighted by Crippen LogP contribution is -2.24. The Balaban J connectivity index is 1.96. The number of nitrogens with one attached hydrogen (secondary N) is 2. The van der Waals surface area contributed by atoms with Gasteiger partial charge in [0.25, 0.3) is 0 Å². The monoisotopic (exact) mass is 434 g/mol. The van der Waals surface area contributed by atoms with E-state index in [0.29, 0.717) is 0 Å². The standard InChI is InChI=1S/C19H22N4O6S/c1-3-27-17(25)16(23-29-10-9-20-13(2)24)15-12-30-18(21-15)22-19(26)28-11-14-7-5-4-6-8-14/h4-8,12H,3,9-11H2,1-2H3,(H,20,24)(H,21,22,26)/b23-16-. The van der Waals surface area contributed by atoms with Gasteiger partial charge in [-0.15, -0.1) is 11.3 Å². The fraction of sp³-hybridized carbons (Fsp3) is 0.316. The van der Waals surface area contributed by atoms with Gasteiger partial charge >= 0.3 is 12.1 Å². The maximum absolute atomic E-state index is 12.2. The van der Waals surface area contributed by atoms with E-state index in [9.17, 15) is 14.4 Å². The summed E-state index contributed by atoms with van der Waals surface area (Å²) >= 11 is 1.09. The van der Waals surface area contributed by atoms with Crippen LogP contribution < -0.4 is 10.6 Å². The van der Waals surface area contributed by atoms with Crippen LogP contribution in [0.1, 0.15) is 25.1 Å². The van der Waals surface area contributed by atoms with E-state index in [2.05, 4.69) is 20.8 Å². The number of rotatable bonds is 10. The lowest BCUT2D eigenvalue weighted by atomic mass is 10.2. The SMILES string of the molecule is CCOC(=O)/C(=N\OCCNC(C)=O)c1csc(NC(=O)OCc2ccccc2)n1. The zero-order valence-corrected chi connectivity index (χ0v) is 17.4. The largest absolute Gasteiger partial charge is 0.461 e. The van der Waals surface area contributed by atoms with Crippen LogP contribution in [0.15, 0.2) is 40.9 Å². The van der Waals surface area contributed by atoms with E-state index < -0.39 is 12.1 Å². The second-order valence-electron chi connectivity index (χ2n) is 5.70. The molecule has 0 radical (unpaired) electrons. The summed E-state index contributed by atoms with van der Waals surface area (Å²) in [7, 11) is 0. The molecule has 30 heavy (non-hydrogen) atoms. The number of anilines is 1. The normalized spacial score (nSPS) is 10.8. The number of ether oxygens (including phenoxy) is 2. The van der Waals surface area contributed by atoms with Gasteiger partial charge in [0.2, 0.25) is 11.6 Å². The van der Waals surface area contributed by atoms with E-state index in [-0.39, 0.29) is 48.8 Å². The Hall–Kier alpha value is -3.47. The van der Waals surface area contributed by atoms with Gasteiger partial charge in [-0.1, -0.05) is 35.5 Å². The number of carbonyl (C=O) groups is 3. The Kier molecular flexibility index (Phi) is 9.25. The molecule has 0 aliphatic heterocycles. The van der Waals surface area contributed by atoms with Crippen molar-refractivity contribution in [3.8, 4) is 0 Å². The second kappa shape index (κ2) is 12.2. The van der Waals surface area contributed by atoms with Crippen molar-refractivity contribution >= 4 is 40.1 Å². The first-order valence-electron chi connectivity index (χ1n) is 9.04. The highest BCUT2D eigenvalue weighted by atomic mass is 32.1. The number of esters is 1. The molecule has 0 fully saturated rings. The average Bonchev–Trinajstić information content (AvgIpc) is 3.17. The molecule has 2 rings (SSSR count). The van der Waals surface area contributed by atoms with Crippen LogP contribution in [0.2, 0.25) is 0 Å². The van der Waals surface area contributed by atoms with E-state index in [1.807, 2.05) is 30.3 Å². The predicted octanol–water partition coefficient (Wildman–Crippen LogP) is 2.31. The van der Waals surface area contributed by atoms with E-state index in [0.717, 1.165) is 16.9 Å². The first-order valence-corrected chi connectivity index (χ1v) is 9.92. The lowest BCUT2D eigenvalue weighted by Gasteiger charge is -2.05. The number of hydrogen-bond donors (Lipinski definition) is 2. The molecule has 2 N–H and O–H groups in total. The van der Waals surface area contributed by atoms with Gasteiger partial charge in [0.1, 0.15) is 18.9 Å². The van der Waals surface area contributed by atoms with E-state index in [4.69, 9.17) is 14.3 Å². The minimum absolute atomic E-state index is 0.0591. The first kappa shape index (κ1) is 22.8. The van der Waals surface area contributed by atoms with Gasteiger partial charge in [0, 0.05) is 12.3 Å². The van der Waals surface area contributed by atoms with Gasteiger partial charge in [-0.2, -0.15) is 0 Å². The number of carbonyl (C=O) groups excluding carboxylic acids is 3. The third-order valence-electron chi connectivity index (χ3n) is 3.36. The summed E-state index contributed by atoms with van der Waals surface area (Å²) < 4.78 is 10.1. The van der Waals surface area contributed by atoms with Crippen LogP contribution in [0.3, 0.4) is 0 Å². The summed E-state index contributed by atoms with van der Waals surface area (Å²) in [6, 6.07) is 9.23. The third-order valence-corrected chi connectivity index (χ3v) is 4.12. The van der Waals surface area contributed by atoms with Crippen molar-refractivity contribution < 1.29 is 28.7 Å². The van der Waals surface area contributed by atoms with E-state index >= 15 is 0 Å². The van der Waals surface area contributed by atoms with Crippen molar-refractivity contribution in [3.63, 3.8) is 0 Å². The predicted molar refractivity (Wildman–Crippen MR) is 110 cm³/mol. The van der Waals surface area contributed by atoms with Gasteiger partial charge in [-0.05, 0) is 12.5 Å². The molecule has 0 aliphatic carbocycles. The van der Waals surface area contributed by atoms with Crippen LogP contribution in [0.4, 0.5) is 9.93 Å². The second-order valence-corrected chi connectivity index (χ2v) is 6.56. The molecular weight excluding hydrogens is 412 g/mol. The Bertz CT molecular complexity index is 884. The smallest absolute Gasteiger partial charge is 0.413 e. The van der Waals surface area contributed by atoms with Crippen molar-refractivity contribution in [2.45, 2.75) is 20.5 Å². The van der Waals surface area contributed by atoms with Crippen molar-refractivity contribution in [2.75, 3.05) is 25.1 Å². The minimum Gasteiger partial charge on any atom is -0.461 e. The summed E-state index contributed by atoms with van der Waals surface area (Å²) in [4.78, 5) is 44.2. The number of oxime groups is 1. The highest BCUT2D eigenvalue weighted by Crippen LogP contribution is 2.17. The Labute approximate surface area is 177 Å². The van der Waals surface area contributed by atoms with Crippen LogP contribution in [0.5, 0.6) is 0 Å². The first-order chi connectivity index (χ1) is 14.5. The van der Waals surface area contributed by atoms with Crippen LogP contribution in [0.25, 0.3) is 0 Å². The quantitative estimate of drug-likeness (QED) is 0.254. The van der Waals surface area contributed by atoms with Crippen LogP contribution in [0, 0.1) is 0 Å². The van der Waals surface area contributed by atoms with Crippen molar-refractivity contribution in [1.29, 1.82) is 0 Å². The number of nitrogens with zero attached hydrogens (tertiary/aromatic N) is 2. The number of benzene rings is 1. The molecule has 2 aromatic rings. The van der Waals surface area contributed by atoms with Crippen molar-refractivity contribution in [3.05, 3.63) is 47.0 Å². The molecule has 0 atom stereocenters. The number of aromatic nitrogens is 1. The van der Waals surface area contributed by atoms with Crippen LogP contribution >= 0.6 is 11.3 Å². The van der Waals surface area contributed by atoms with Crippen molar-refractivity contribution in [2.24, 2.45) is 5.16 Å². The molecule has 2 amide bonds. The molecular formula is C19H22N4O6S. The van der Waals surface area contributed by atoms with E-state index in [1.54, 1.807) is 6.92 Å². The summed E-state index contributed by atoms with van der Waals surface area (Å²) in [6.07, 6.45) is -0.680. The van der Waals surface area contributed by atoms with Gasteiger partial charge in [0.05, 0.1) is 13.2 Å². The highest BCUT2D eigenvalue weighted by Gasteiger charge is 2.21. The summed E-state index contributed by atoms with van der Waals surface area (Å²) in [5, 5.41) is 10.6. The molecule has 0 bridgehead atoms. The van der Waals surface area contributed by atoms with Crippen LogP contribution in [-0.4, -0.2) is 48.4 Å². The fourth-order valence-electron chi connectivity index (χ4n) is 2.06. The molecule has 0 spiro atoms. The Morgan fingerprint density at radius 1 is 1.17 bits per heavy atom. The molecule has 0 saturated heterocycles. The molecule has 0 unspecified atom stereocenters. The number of amides is 2. The zero-order valence-electron chi connectivity index (χ0n) is 16.5. The molecule has 0 aliphatic rings. The summed E-state index contributed by atoms with van der Waals surface area (Å²) in [6.45, 7) is 3.58. The van der Waals surface area contributed by atoms with Crippen molar-refractivity contribution in [1.82, 2.24) is 10.3 Å². The molecule has 10 nitrogen and oxygen atoms in total. The molecule has 1 aromatic carbocycles. The fourth-order valence-corrected chi connectivity index (χ4v) is 2.74. The Morgan fingerprint density at radius 3 is 2.63 bits per heavy atom. The third kappa shape index (κ3) is 7.87. The van der Waals surface area contributed by atoms with Gasteiger partial charge in [0.15, 0.2) is 5.13 Å². The lowest BCUT2D eigenvalue weighted by molar-refractivity contribution is -0.135. The number of thiazole rings is 1. The topological polar surface area (TPSA) is 128 Å². The summed E-state index contributed by atoms with van der Waals surface area (Å²) in [5.74, 6) is -0.928. The van der Waals surface area contributed by atoms with E-state index in [1.165, 1.54) is 12.3 Å². The molecule has 11 heteroatoms. The molecule has 1 heterocycles. The average molecular weight is 434 g/mol. The zero-order chi connectivity index (χ0) is 21.8.